The van der Waals surface area contributed by atoms with Gasteiger partial charge >= 0.3 is 0 Å². The van der Waals surface area contributed by atoms with Gasteiger partial charge in [-0.25, -0.2) is 0 Å². The summed E-state index contributed by atoms with van der Waals surface area (Å²) in [6.45, 7) is 1.84. The molecule has 0 bridgehead atoms. The fraction of sp³-hybridized carbons (Fsp3) is 0.182. The average Bonchev–Trinajstić information content (AvgIpc) is 3.05. The molecule has 1 N–H and O–H groups in total. The van der Waals surface area contributed by atoms with E-state index >= 15 is 0 Å². The fourth-order valence-electron chi connectivity index (χ4n) is 3.07. The van der Waals surface area contributed by atoms with Crippen LogP contribution in [0.1, 0.15) is 26.4 Å². The maximum atomic E-state index is 12.8. The zero-order chi connectivity index (χ0) is 19.6. The van der Waals surface area contributed by atoms with Gasteiger partial charge in [0.25, 0.3) is 11.8 Å². The predicted octanol–water partition coefficient (Wildman–Crippen LogP) is 3.95. The Morgan fingerprint density at radius 2 is 1.63 bits per heavy atom. The molecule has 1 heterocycles. The third-order valence-corrected chi connectivity index (χ3v) is 4.64. The van der Waals surface area contributed by atoms with Crippen molar-refractivity contribution in [2.75, 3.05) is 19.4 Å². The van der Waals surface area contributed by atoms with Gasteiger partial charge in [0.1, 0.15) is 5.69 Å². The Morgan fingerprint density at radius 1 is 0.926 bits per heavy atom. The number of nitrogens with one attached hydrogen (secondary N) is 1. The highest BCUT2D eigenvalue weighted by Gasteiger charge is 2.17. The molecular formula is C22H23N3O2. The summed E-state index contributed by atoms with van der Waals surface area (Å²) in [5, 5.41) is 2.94. The molecule has 0 saturated heterocycles. The number of benzene rings is 2. The molecule has 138 valence electrons. The molecule has 0 aliphatic carbocycles. The minimum Gasteiger partial charge on any atom is -0.345 e. The second-order valence-corrected chi connectivity index (χ2v) is 6.66. The lowest BCUT2D eigenvalue weighted by molar-refractivity contribution is 0.0826. The molecule has 0 unspecified atom stereocenters. The minimum absolute atomic E-state index is 0.0890. The van der Waals surface area contributed by atoms with Crippen LogP contribution in [0.15, 0.2) is 60.7 Å². The number of nitrogens with zero attached hydrogens (tertiary/aromatic N) is 2. The second-order valence-electron chi connectivity index (χ2n) is 6.66. The quantitative estimate of drug-likeness (QED) is 0.765. The van der Waals surface area contributed by atoms with E-state index in [-0.39, 0.29) is 11.8 Å². The van der Waals surface area contributed by atoms with Crippen LogP contribution in [0.3, 0.4) is 0 Å². The van der Waals surface area contributed by atoms with Gasteiger partial charge in [0.2, 0.25) is 0 Å². The number of rotatable bonds is 4. The maximum Gasteiger partial charge on any atom is 0.272 e. The molecule has 27 heavy (non-hydrogen) atoms. The lowest BCUT2D eigenvalue weighted by atomic mass is 10.1. The molecule has 0 fully saturated rings. The van der Waals surface area contributed by atoms with Crippen molar-refractivity contribution in [3.8, 4) is 11.3 Å². The molecule has 3 rings (SSSR count). The molecule has 0 atom stereocenters. The number of amides is 2. The highest BCUT2D eigenvalue weighted by Crippen LogP contribution is 2.24. The zero-order valence-corrected chi connectivity index (χ0v) is 16.0. The van der Waals surface area contributed by atoms with Crippen molar-refractivity contribution in [2.45, 2.75) is 6.92 Å². The first kappa shape index (κ1) is 18.5. The van der Waals surface area contributed by atoms with Crippen molar-refractivity contribution in [2.24, 2.45) is 7.05 Å². The van der Waals surface area contributed by atoms with Crippen LogP contribution in [0.25, 0.3) is 11.3 Å². The Morgan fingerprint density at radius 3 is 2.30 bits per heavy atom. The first-order chi connectivity index (χ1) is 12.9. The van der Waals surface area contributed by atoms with Gasteiger partial charge in [0.05, 0.1) is 0 Å². The lowest BCUT2D eigenvalue weighted by Crippen LogP contribution is -2.23. The van der Waals surface area contributed by atoms with Gasteiger partial charge in [-0.05, 0) is 42.3 Å². The molecule has 0 spiro atoms. The van der Waals surface area contributed by atoms with Crippen molar-refractivity contribution in [1.29, 1.82) is 0 Å². The Hall–Kier alpha value is -3.34. The van der Waals surface area contributed by atoms with Crippen molar-refractivity contribution in [1.82, 2.24) is 9.47 Å². The summed E-state index contributed by atoms with van der Waals surface area (Å²) in [6.07, 6.45) is 0. The second kappa shape index (κ2) is 7.50. The van der Waals surface area contributed by atoms with Crippen molar-refractivity contribution in [3.05, 3.63) is 77.5 Å². The summed E-state index contributed by atoms with van der Waals surface area (Å²) in [5.41, 5.74) is 4.53. The Balaban J connectivity index is 1.88. The molecule has 0 saturated carbocycles. The van der Waals surface area contributed by atoms with Gasteiger partial charge in [-0.2, -0.15) is 0 Å². The van der Waals surface area contributed by atoms with Crippen molar-refractivity contribution in [3.63, 3.8) is 0 Å². The molecule has 3 aromatic rings. The topological polar surface area (TPSA) is 54.3 Å². The van der Waals surface area contributed by atoms with Gasteiger partial charge in [0, 0.05) is 38.1 Å². The van der Waals surface area contributed by atoms with Crippen LogP contribution in [0.4, 0.5) is 5.69 Å². The van der Waals surface area contributed by atoms with E-state index in [4.69, 9.17) is 0 Å². The SMILES string of the molecule is Cc1c(NC(=O)c2ccc(-c3ccccc3)n2C)cccc1C(=O)N(C)C. The van der Waals surface area contributed by atoms with Gasteiger partial charge in [-0.15, -0.1) is 0 Å². The Labute approximate surface area is 159 Å². The third kappa shape index (κ3) is 3.62. The van der Waals surface area contributed by atoms with E-state index in [0.29, 0.717) is 16.9 Å². The smallest absolute Gasteiger partial charge is 0.272 e. The number of anilines is 1. The highest BCUT2D eigenvalue weighted by molar-refractivity contribution is 6.05. The van der Waals surface area contributed by atoms with Gasteiger partial charge < -0.3 is 14.8 Å². The number of hydrogen-bond donors (Lipinski definition) is 1. The third-order valence-electron chi connectivity index (χ3n) is 4.64. The number of carbonyl (C=O) groups excluding carboxylic acids is 2. The van der Waals surface area contributed by atoms with Crippen molar-refractivity contribution < 1.29 is 9.59 Å². The normalized spacial score (nSPS) is 10.5. The molecule has 2 amide bonds. The van der Waals surface area contributed by atoms with Crippen LogP contribution in [-0.4, -0.2) is 35.4 Å². The summed E-state index contributed by atoms with van der Waals surface area (Å²) < 4.78 is 1.87. The van der Waals surface area contributed by atoms with Gasteiger partial charge in [-0.3, -0.25) is 9.59 Å². The average molecular weight is 361 g/mol. The Bertz CT molecular complexity index is 988. The van der Waals surface area contributed by atoms with E-state index in [1.807, 2.05) is 61.0 Å². The first-order valence-electron chi connectivity index (χ1n) is 8.74. The summed E-state index contributed by atoms with van der Waals surface area (Å²) in [7, 11) is 5.29. The van der Waals surface area contributed by atoms with E-state index in [9.17, 15) is 9.59 Å². The van der Waals surface area contributed by atoms with Crippen LogP contribution in [0.2, 0.25) is 0 Å². The molecule has 2 aromatic carbocycles. The summed E-state index contributed by atoms with van der Waals surface area (Å²) in [6, 6.07) is 19.0. The van der Waals surface area contributed by atoms with Crippen LogP contribution < -0.4 is 5.32 Å². The number of carbonyl (C=O) groups is 2. The standard InChI is InChI=1S/C22H23N3O2/c1-15-17(22(27)24(2)3)11-8-12-18(15)23-21(26)20-14-13-19(25(20)4)16-9-6-5-7-10-16/h5-14H,1-4H3,(H,23,26). The molecule has 0 aliphatic rings. The van der Waals surface area contributed by atoms with E-state index in [1.54, 1.807) is 32.3 Å². The predicted molar refractivity (Wildman–Crippen MR) is 108 cm³/mol. The molecule has 0 radical (unpaired) electrons. The Kier molecular flexibility index (Phi) is 5.12. The van der Waals surface area contributed by atoms with E-state index in [2.05, 4.69) is 5.32 Å². The first-order valence-corrected chi connectivity index (χ1v) is 8.74. The molecule has 0 aliphatic heterocycles. The maximum absolute atomic E-state index is 12.8. The van der Waals surface area contributed by atoms with Gasteiger partial charge in [0.15, 0.2) is 0 Å². The monoisotopic (exact) mass is 361 g/mol. The zero-order valence-electron chi connectivity index (χ0n) is 16.0. The lowest BCUT2D eigenvalue weighted by Gasteiger charge is -2.16. The van der Waals surface area contributed by atoms with E-state index in [1.165, 1.54) is 4.90 Å². The number of hydrogen-bond acceptors (Lipinski definition) is 2. The van der Waals surface area contributed by atoms with Crippen LogP contribution in [0.5, 0.6) is 0 Å². The largest absolute Gasteiger partial charge is 0.345 e. The molecule has 5 heteroatoms. The van der Waals surface area contributed by atoms with Crippen LogP contribution in [0, 0.1) is 6.92 Å². The van der Waals surface area contributed by atoms with E-state index in [0.717, 1.165) is 16.8 Å². The molecule has 1 aromatic heterocycles. The summed E-state index contributed by atoms with van der Waals surface area (Å²) in [4.78, 5) is 26.6. The summed E-state index contributed by atoms with van der Waals surface area (Å²) >= 11 is 0. The van der Waals surface area contributed by atoms with Gasteiger partial charge in [-0.1, -0.05) is 36.4 Å². The fourth-order valence-corrected chi connectivity index (χ4v) is 3.07. The molecular weight excluding hydrogens is 338 g/mol. The molecule has 5 nitrogen and oxygen atoms in total. The van der Waals surface area contributed by atoms with Crippen molar-refractivity contribution >= 4 is 17.5 Å². The van der Waals surface area contributed by atoms with Crippen LogP contribution in [-0.2, 0) is 7.05 Å². The highest BCUT2D eigenvalue weighted by atomic mass is 16.2. The number of aromatic nitrogens is 1. The van der Waals surface area contributed by atoms with Crippen LogP contribution >= 0.6 is 0 Å². The minimum atomic E-state index is -0.211. The summed E-state index contributed by atoms with van der Waals surface area (Å²) in [5.74, 6) is -0.300. The van der Waals surface area contributed by atoms with E-state index < -0.39 is 0 Å².